The smallest absolute Gasteiger partial charge is 0.306 e. The predicted molar refractivity (Wildman–Crippen MR) is 48.6 cm³/mol. The molecular formula is C10H14O4. The van der Waals surface area contributed by atoms with E-state index in [9.17, 15) is 9.90 Å². The highest BCUT2D eigenvalue weighted by atomic mass is 16.6. The van der Waals surface area contributed by atoms with Gasteiger partial charge in [-0.2, -0.15) is 0 Å². The molecule has 0 spiro atoms. The first-order chi connectivity index (χ1) is 6.66. The summed E-state index contributed by atoms with van der Waals surface area (Å²) in [6.07, 6.45) is 3.42. The largest absolute Gasteiger partial charge is 0.460 e. The third kappa shape index (κ3) is 2.13. The Morgan fingerprint density at radius 3 is 3.07 bits per heavy atom. The lowest BCUT2D eigenvalue weighted by atomic mass is 10.1. The molecule has 4 atom stereocenters. The third-order valence-corrected chi connectivity index (χ3v) is 2.51. The van der Waals surface area contributed by atoms with Gasteiger partial charge >= 0.3 is 5.97 Å². The molecule has 4 nitrogen and oxygen atoms in total. The van der Waals surface area contributed by atoms with Crippen LogP contribution in [0.15, 0.2) is 12.2 Å². The first-order valence-electron chi connectivity index (χ1n) is 4.88. The topological polar surface area (TPSA) is 59.1 Å². The van der Waals surface area contributed by atoms with E-state index in [1.165, 1.54) is 0 Å². The Hall–Kier alpha value is -0.870. The number of hydrogen-bond donors (Lipinski definition) is 1. The van der Waals surface area contributed by atoms with Gasteiger partial charge in [0.1, 0.15) is 18.3 Å². The summed E-state index contributed by atoms with van der Waals surface area (Å²) in [7, 11) is 0. The molecule has 1 fully saturated rings. The molecule has 2 rings (SSSR count). The highest BCUT2D eigenvalue weighted by molar-refractivity contribution is 5.69. The fraction of sp³-hybridized carbons (Fsp3) is 0.700. The first-order valence-corrected chi connectivity index (χ1v) is 4.88. The Balaban J connectivity index is 2.03. The van der Waals surface area contributed by atoms with E-state index in [4.69, 9.17) is 9.47 Å². The van der Waals surface area contributed by atoms with E-state index in [0.29, 0.717) is 6.42 Å². The lowest BCUT2D eigenvalue weighted by molar-refractivity contribution is -0.149. The molecule has 2 aliphatic rings. The zero-order chi connectivity index (χ0) is 10.1. The normalized spacial score (nSPS) is 44.9. The van der Waals surface area contributed by atoms with Crippen molar-refractivity contribution in [2.45, 2.75) is 44.2 Å². The Bertz CT molecular complexity index is 261. The Morgan fingerprint density at radius 1 is 1.50 bits per heavy atom. The summed E-state index contributed by atoms with van der Waals surface area (Å²) >= 11 is 0. The first kappa shape index (κ1) is 9.68. The van der Waals surface area contributed by atoms with Gasteiger partial charge in [0.25, 0.3) is 0 Å². The van der Waals surface area contributed by atoms with Gasteiger partial charge in [-0.25, -0.2) is 0 Å². The summed E-state index contributed by atoms with van der Waals surface area (Å²) in [5.74, 6) is -0.263. The highest BCUT2D eigenvalue weighted by Crippen LogP contribution is 2.29. The van der Waals surface area contributed by atoms with E-state index >= 15 is 0 Å². The van der Waals surface area contributed by atoms with Gasteiger partial charge in [-0.05, 0) is 13.3 Å². The van der Waals surface area contributed by atoms with Gasteiger partial charge in [0, 0.05) is 6.42 Å². The summed E-state index contributed by atoms with van der Waals surface area (Å²) in [6, 6.07) is 0. The van der Waals surface area contributed by atoms with Gasteiger partial charge in [0.15, 0.2) is 0 Å². The molecule has 1 saturated heterocycles. The number of aliphatic hydroxyl groups is 1. The maximum atomic E-state index is 11.2. The number of fused-ring (bicyclic) bond motifs is 1. The fourth-order valence-corrected chi connectivity index (χ4v) is 1.60. The average Bonchev–Trinajstić information content (AvgIpc) is 2.89. The standard InChI is InChI=1S/C10H14O4/c1-6-10-8(14-10)4-2-7(11)3-5-9(12)13-6/h2,4,6-8,10-11H,3,5H2,1H3/b4-2+/t6-,7-,8-,10+/m0/s1. The van der Waals surface area contributed by atoms with Crippen molar-refractivity contribution in [2.24, 2.45) is 0 Å². The van der Waals surface area contributed by atoms with E-state index in [-0.39, 0.29) is 30.7 Å². The second-order valence-electron chi connectivity index (χ2n) is 3.75. The number of esters is 1. The lowest BCUT2D eigenvalue weighted by Crippen LogP contribution is -2.23. The van der Waals surface area contributed by atoms with Crippen LogP contribution in [0.2, 0.25) is 0 Å². The quantitative estimate of drug-likeness (QED) is 0.347. The summed E-state index contributed by atoms with van der Waals surface area (Å²) in [4.78, 5) is 11.2. The van der Waals surface area contributed by atoms with Crippen molar-refractivity contribution >= 4 is 5.97 Å². The molecule has 0 aromatic rings. The molecule has 0 aromatic carbocycles. The van der Waals surface area contributed by atoms with Crippen LogP contribution in [0, 0.1) is 0 Å². The number of aliphatic hydroxyl groups excluding tert-OH is 1. The van der Waals surface area contributed by atoms with E-state index < -0.39 is 6.10 Å². The van der Waals surface area contributed by atoms with Crippen LogP contribution in [0.3, 0.4) is 0 Å². The summed E-state index contributed by atoms with van der Waals surface area (Å²) in [5.41, 5.74) is 0. The van der Waals surface area contributed by atoms with Gasteiger partial charge in [-0.3, -0.25) is 4.79 Å². The fourth-order valence-electron chi connectivity index (χ4n) is 1.60. The van der Waals surface area contributed by atoms with Crippen LogP contribution in [-0.2, 0) is 14.3 Å². The van der Waals surface area contributed by atoms with Crippen LogP contribution in [-0.4, -0.2) is 35.5 Å². The molecule has 2 aliphatic heterocycles. The maximum absolute atomic E-state index is 11.2. The monoisotopic (exact) mass is 198 g/mol. The molecular weight excluding hydrogens is 184 g/mol. The van der Waals surface area contributed by atoms with Gasteiger partial charge in [-0.1, -0.05) is 12.2 Å². The number of hydrogen-bond acceptors (Lipinski definition) is 4. The number of epoxide rings is 1. The van der Waals surface area contributed by atoms with Crippen molar-refractivity contribution in [3.05, 3.63) is 12.2 Å². The van der Waals surface area contributed by atoms with Crippen molar-refractivity contribution in [2.75, 3.05) is 0 Å². The summed E-state index contributed by atoms with van der Waals surface area (Å²) in [6.45, 7) is 1.83. The zero-order valence-electron chi connectivity index (χ0n) is 8.05. The van der Waals surface area contributed by atoms with Crippen molar-refractivity contribution in [3.8, 4) is 0 Å². The number of ether oxygens (including phenoxy) is 2. The molecule has 0 amide bonds. The molecule has 0 saturated carbocycles. The van der Waals surface area contributed by atoms with Crippen LogP contribution in [0.5, 0.6) is 0 Å². The van der Waals surface area contributed by atoms with E-state index in [0.717, 1.165) is 0 Å². The van der Waals surface area contributed by atoms with Crippen molar-refractivity contribution in [3.63, 3.8) is 0 Å². The molecule has 0 radical (unpaired) electrons. The lowest BCUT2D eigenvalue weighted by Gasteiger charge is -2.12. The van der Waals surface area contributed by atoms with E-state index in [2.05, 4.69) is 0 Å². The number of rotatable bonds is 0. The molecule has 0 unspecified atom stereocenters. The van der Waals surface area contributed by atoms with Gasteiger partial charge in [0.05, 0.1) is 6.10 Å². The predicted octanol–water partition coefficient (Wildman–Crippen LogP) is 0.396. The number of carbonyl (C=O) groups is 1. The minimum absolute atomic E-state index is 0.00514. The van der Waals surface area contributed by atoms with Gasteiger partial charge in [0.2, 0.25) is 0 Å². The molecule has 1 N–H and O–H groups in total. The Morgan fingerprint density at radius 2 is 2.29 bits per heavy atom. The minimum Gasteiger partial charge on any atom is -0.460 e. The van der Waals surface area contributed by atoms with E-state index in [1.54, 1.807) is 6.08 Å². The second-order valence-corrected chi connectivity index (χ2v) is 3.75. The van der Waals surface area contributed by atoms with E-state index in [1.807, 2.05) is 13.0 Å². The van der Waals surface area contributed by atoms with Crippen LogP contribution < -0.4 is 0 Å². The second kappa shape index (κ2) is 3.71. The molecule has 0 bridgehead atoms. The minimum atomic E-state index is -0.569. The summed E-state index contributed by atoms with van der Waals surface area (Å²) < 4.78 is 10.4. The average molecular weight is 198 g/mol. The van der Waals surface area contributed by atoms with Crippen molar-refractivity contribution < 1.29 is 19.4 Å². The summed E-state index contributed by atoms with van der Waals surface area (Å²) in [5, 5.41) is 9.40. The van der Waals surface area contributed by atoms with Gasteiger partial charge < -0.3 is 14.6 Å². The Labute approximate surface area is 82.5 Å². The van der Waals surface area contributed by atoms with Gasteiger partial charge in [-0.15, -0.1) is 0 Å². The molecule has 0 aromatic heterocycles. The molecule has 78 valence electrons. The number of carbonyl (C=O) groups excluding carboxylic acids is 1. The number of cyclic esters (lactones) is 1. The highest BCUT2D eigenvalue weighted by Gasteiger charge is 2.43. The molecule has 2 heterocycles. The third-order valence-electron chi connectivity index (χ3n) is 2.51. The molecule has 4 heteroatoms. The van der Waals surface area contributed by atoms with Crippen LogP contribution in [0.4, 0.5) is 0 Å². The SMILES string of the molecule is C[C@@H]1OC(=O)CC[C@@H](O)/C=C/[C@@H]2O[C@H]12. The molecule has 0 aliphatic carbocycles. The van der Waals surface area contributed by atoms with Crippen LogP contribution in [0.1, 0.15) is 19.8 Å². The van der Waals surface area contributed by atoms with Crippen molar-refractivity contribution in [1.82, 2.24) is 0 Å². The van der Waals surface area contributed by atoms with Crippen LogP contribution >= 0.6 is 0 Å². The van der Waals surface area contributed by atoms with Crippen molar-refractivity contribution in [1.29, 1.82) is 0 Å². The van der Waals surface area contributed by atoms with Crippen LogP contribution in [0.25, 0.3) is 0 Å². The zero-order valence-corrected chi connectivity index (χ0v) is 8.05. The molecule has 14 heavy (non-hydrogen) atoms. The Kier molecular flexibility index (Phi) is 2.56. The maximum Gasteiger partial charge on any atom is 0.306 e.